The molecule has 1 aromatic heterocycles. The molecule has 3 aromatic rings. The van der Waals surface area contributed by atoms with Gasteiger partial charge in [-0.15, -0.1) is 0 Å². The summed E-state index contributed by atoms with van der Waals surface area (Å²) in [6.45, 7) is 3.48. The number of aryl methyl sites for hydroxylation is 2. The number of carbonyl (C=O) groups is 2. The molecule has 1 N–H and O–H groups in total. The van der Waals surface area contributed by atoms with Crippen LogP contribution in [0.3, 0.4) is 0 Å². The monoisotopic (exact) mass is 472 g/mol. The highest BCUT2D eigenvalue weighted by molar-refractivity contribution is 6.51. The fourth-order valence-electron chi connectivity index (χ4n) is 3.71. The zero-order valence-electron chi connectivity index (χ0n) is 17.3. The van der Waals surface area contributed by atoms with Gasteiger partial charge in [0.25, 0.3) is 5.78 Å². The van der Waals surface area contributed by atoms with Gasteiger partial charge in [0.2, 0.25) is 0 Å². The van der Waals surface area contributed by atoms with Crippen molar-refractivity contribution in [1.82, 2.24) is 5.16 Å². The van der Waals surface area contributed by atoms with Gasteiger partial charge >= 0.3 is 5.91 Å². The van der Waals surface area contributed by atoms with Crippen LogP contribution in [-0.2, 0) is 9.59 Å². The van der Waals surface area contributed by atoms with Crippen LogP contribution < -0.4 is 9.64 Å². The summed E-state index contributed by atoms with van der Waals surface area (Å²) in [5.74, 6) is -0.797. The first-order valence-electron chi connectivity index (χ1n) is 9.57. The Morgan fingerprint density at radius 1 is 1.09 bits per heavy atom. The molecule has 1 unspecified atom stereocenters. The van der Waals surface area contributed by atoms with Gasteiger partial charge in [-0.25, -0.2) is 0 Å². The molecular weight excluding hydrogens is 455 g/mol. The van der Waals surface area contributed by atoms with Gasteiger partial charge in [0, 0.05) is 11.6 Å². The largest absolute Gasteiger partial charge is 0.507 e. The average molecular weight is 473 g/mol. The number of methoxy groups -OCH3 is 1. The Labute approximate surface area is 193 Å². The number of nitrogens with zero attached hydrogens (tertiary/aromatic N) is 2. The number of amides is 1. The van der Waals surface area contributed by atoms with Crippen LogP contribution in [0.2, 0.25) is 10.0 Å². The van der Waals surface area contributed by atoms with Gasteiger partial charge in [-0.05, 0) is 55.3 Å². The second-order valence-electron chi connectivity index (χ2n) is 7.32. The van der Waals surface area contributed by atoms with Gasteiger partial charge in [0.15, 0.2) is 5.82 Å². The Hall–Kier alpha value is -3.29. The summed E-state index contributed by atoms with van der Waals surface area (Å²) in [5, 5.41) is 15.6. The number of anilines is 1. The fraction of sp³-hybridized carbons (Fsp3) is 0.174. The molecule has 164 valence electrons. The van der Waals surface area contributed by atoms with Crippen LogP contribution >= 0.6 is 23.2 Å². The van der Waals surface area contributed by atoms with Crippen LogP contribution in [0.15, 0.2) is 52.6 Å². The Bertz CT molecular complexity index is 1280. The third-order valence-corrected chi connectivity index (χ3v) is 5.97. The van der Waals surface area contributed by atoms with E-state index in [1.165, 1.54) is 18.1 Å². The van der Waals surface area contributed by atoms with Crippen molar-refractivity contribution in [2.24, 2.45) is 0 Å². The van der Waals surface area contributed by atoms with Crippen molar-refractivity contribution in [2.45, 2.75) is 19.9 Å². The Balaban J connectivity index is 1.95. The third kappa shape index (κ3) is 3.63. The van der Waals surface area contributed by atoms with Gasteiger partial charge in [-0.1, -0.05) is 34.4 Å². The first kappa shape index (κ1) is 21.9. The van der Waals surface area contributed by atoms with E-state index < -0.39 is 17.7 Å². The number of hydrogen-bond acceptors (Lipinski definition) is 6. The summed E-state index contributed by atoms with van der Waals surface area (Å²) in [5.41, 5.74) is 1.50. The predicted molar refractivity (Wildman–Crippen MR) is 120 cm³/mol. The van der Waals surface area contributed by atoms with Crippen molar-refractivity contribution in [2.75, 3.05) is 12.0 Å². The van der Waals surface area contributed by atoms with E-state index in [1.54, 1.807) is 43.3 Å². The van der Waals surface area contributed by atoms with E-state index in [-0.39, 0.29) is 22.2 Å². The summed E-state index contributed by atoms with van der Waals surface area (Å²) in [6, 6.07) is 10.3. The first-order chi connectivity index (χ1) is 15.2. The molecule has 1 aliphatic heterocycles. The smallest absolute Gasteiger partial charge is 0.301 e. The number of aliphatic hydroxyl groups is 1. The summed E-state index contributed by atoms with van der Waals surface area (Å²) in [6.07, 6.45) is 0. The molecular formula is C23H18Cl2N2O5. The molecule has 1 atom stereocenters. The highest BCUT2D eigenvalue weighted by Crippen LogP contribution is 2.43. The van der Waals surface area contributed by atoms with E-state index in [4.69, 9.17) is 32.5 Å². The molecule has 1 saturated heterocycles. The summed E-state index contributed by atoms with van der Waals surface area (Å²) < 4.78 is 10.4. The number of benzene rings is 2. The van der Waals surface area contributed by atoms with Crippen molar-refractivity contribution in [3.8, 4) is 5.75 Å². The van der Waals surface area contributed by atoms with Crippen molar-refractivity contribution in [3.63, 3.8) is 0 Å². The van der Waals surface area contributed by atoms with Crippen molar-refractivity contribution >= 4 is 46.5 Å². The molecule has 0 bridgehead atoms. The number of Topliss-reactive ketones (excluding diaryl/α,β-unsaturated/α-hetero) is 1. The van der Waals surface area contributed by atoms with E-state index in [2.05, 4.69) is 5.16 Å². The topological polar surface area (TPSA) is 92.9 Å². The normalized spacial score (nSPS) is 17.8. The lowest BCUT2D eigenvalue weighted by atomic mass is 9.94. The molecule has 0 spiro atoms. The van der Waals surface area contributed by atoms with Crippen LogP contribution in [0.4, 0.5) is 5.82 Å². The second-order valence-corrected chi connectivity index (χ2v) is 8.14. The van der Waals surface area contributed by atoms with Crippen LogP contribution in [-0.4, -0.2) is 29.1 Å². The standard InChI is InChI=1S/C23H18Cl2N2O5/c1-11-8-14(5-7-17(11)31-3)21(28)19-20(13-4-6-15(24)16(25)10-13)27(23(30)22(19)29)18-9-12(2)32-26-18/h4-10,20,28H,1-3H3. The third-order valence-electron chi connectivity index (χ3n) is 5.23. The quantitative estimate of drug-likeness (QED) is 0.317. The number of rotatable bonds is 4. The number of ether oxygens (including phenoxy) is 1. The second kappa shape index (κ2) is 8.33. The number of carbonyl (C=O) groups excluding carboxylic acids is 2. The molecule has 1 aliphatic rings. The summed E-state index contributed by atoms with van der Waals surface area (Å²) in [4.78, 5) is 27.3. The maximum atomic E-state index is 13.1. The molecule has 4 rings (SSSR count). The van der Waals surface area contributed by atoms with Crippen LogP contribution in [0.25, 0.3) is 5.76 Å². The molecule has 0 saturated carbocycles. The molecule has 7 nitrogen and oxygen atoms in total. The minimum absolute atomic E-state index is 0.0985. The van der Waals surface area contributed by atoms with E-state index in [0.29, 0.717) is 27.7 Å². The fourth-order valence-corrected chi connectivity index (χ4v) is 4.02. The molecule has 1 amide bonds. The maximum absolute atomic E-state index is 13.1. The Kier molecular flexibility index (Phi) is 5.71. The van der Waals surface area contributed by atoms with E-state index in [0.717, 1.165) is 5.56 Å². The van der Waals surface area contributed by atoms with Crippen LogP contribution in [0.5, 0.6) is 5.75 Å². The van der Waals surface area contributed by atoms with Gasteiger partial charge in [0.1, 0.15) is 17.3 Å². The molecule has 9 heteroatoms. The highest BCUT2D eigenvalue weighted by Gasteiger charge is 2.48. The van der Waals surface area contributed by atoms with Crippen molar-refractivity contribution in [3.05, 3.63) is 80.5 Å². The number of hydrogen-bond donors (Lipinski definition) is 1. The zero-order valence-corrected chi connectivity index (χ0v) is 18.9. The molecule has 1 fully saturated rings. The number of aromatic nitrogens is 1. The van der Waals surface area contributed by atoms with E-state index in [9.17, 15) is 14.7 Å². The lowest BCUT2D eigenvalue weighted by Crippen LogP contribution is -2.29. The molecule has 0 aliphatic carbocycles. The van der Waals surface area contributed by atoms with E-state index >= 15 is 0 Å². The predicted octanol–water partition coefficient (Wildman–Crippen LogP) is 5.23. The number of halogens is 2. The van der Waals surface area contributed by atoms with Crippen molar-refractivity contribution in [1.29, 1.82) is 0 Å². The number of aliphatic hydroxyl groups excluding tert-OH is 1. The first-order valence-corrected chi connectivity index (χ1v) is 10.3. The van der Waals surface area contributed by atoms with Gasteiger partial charge in [-0.2, -0.15) is 0 Å². The van der Waals surface area contributed by atoms with Gasteiger partial charge < -0.3 is 14.4 Å². The van der Waals surface area contributed by atoms with Gasteiger partial charge in [0.05, 0.1) is 28.8 Å². The zero-order chi connectivity index (χ0) is 23.2. The lowest BCUT2D eigenvalue weighted by molar-refractivity contribution is -0.132. The lowest BCUT2D eigenvalue weighted by Gasteiger charge is -2.23. The van der Waals surface area contributed by atoms with Gasteiger partial charge in [-0.3, -0.25) is 14.5 Å². The molecule has 0 radical (unpaired) electrons. The summed E-state index contributed by atoms with van der Waals surface area (Å²) in [7, 11) is 1.54. The molecule has 32 heavy (non-hydrogen) atoms. The number of ketones is 1. The minimum Gasteiger partial charge on any atom is -0.507 e. The highest BCUT2D eigenvalue weighted by atomic mass is 35.5. The average Bonchev–Trinajstić information content (AvgIpc) is 3.30. The SMILES string of the molecule is COc1ccc(C(O)=C2C(=O)C(=O)N(c3cc(C)on3)C2c2ccc(Cl)c(Cl)c2)cc1C. The van der Waals surface area contributed by atoms with Crippen LogP contribution in [0.1, 0.15) is 28.5 Å². The molecule has 2 heterocycles. The maximum Gasteiger partial charge on any atom is 0.301 e. The van der Waals surface area contributed by atoms with E-state index in [1.807, 2.05) is 6.92 Å². The minimum atomic E-state index is -0.989. The Morgan fingerprint density at radius 3 is 2.44 bits per heavy atom. The summed E-state index contributed by atoms with van der Waals surface area (Å²) >= 11 is 12.3. The Morgan fingerprint density at radius 2 is 1.84 bits per heavy atom. The molecule has 2 aromatic carbocycles. The van der Waals surface area contributed by atoms with Crippen LogP contribution in [0, 0.1) is 13.8 Å². The van der Waals surface area contributed by atoms with Crippen molar-refractivity contribution < 1.29 is 24.0 Å².